The Morgan fingerprint density at radius 3 is 2.45 bits per heavy atom. The first-order chi connectivity index (χ1) is 9.50. The lowest BCUT2D eigenvalue weighted by atomic mass is 9.96. The third-order valence-electron chi connectivity index (χ3n) is 3.61. The molecule has 0 aromatic heterocycles. The molecule has 1 aliphatic heterocycles. The normalized spacial score (nSPS) is 21.7. The summed E-state index contributed by atoms with van der Waals surface area (Å²) >= 11 is 0. The Bertz CT molecular complexity index is 413. The van der Waals surface area contributed by atoms with E-state index in [1.165, 1.54) is 12.1 Å². The van der Waals surface area contributed by atoms with Crippen molar-refractivity contribution in [3.8, 4) is 0 Å². The van der Waals surface area contributed by atoms with Gasteiger partial charge >= 0.3 is 6.18 Å². The molecule has 0 aliphatic carbocycles. The minimum atomic E-state index is -4.30. The van der Waals surface area contributed by atoms with E-state index in [-0.39, 0.29) is 12.1 Å². The fourth-order valence-electron chi connectivity index (χ4n) is 2.46. The molecule has 0 saturated carbocycles. The van der Waals surface area contributed by atoms with Crippen molar-refractivity contribution in [1.82, 2.24) is 5.43 Å². The molecule has 1 aliphatic rings. The Hall–Kier alpha value is -1.11. The molecule has 3 nitrogen and oxygen atoms in total. The largest absolute Gasteiger partial charge is 0.416 e. The van der Waals surface area contributed by atoms with Crippen LogP contribution in [-0.2, 0) is 17.3 Å². The fraction of sp³-hybridized carbons (Fsp3) is 0.571. The maximum atomic E-state index is 12.5. The molecule has 0 radical (unpaired) electrons. The van der Waals surface area contributed by atoms with Gasteiger partial charge in [0.1, 0.15) is 0 Å². The van der Waals surface area contributed by atoms with Crippen molar-refractivity contribution in [1.29, 1.82) is 0 Å². The second-order valence-electron chi connectivity index (χ2n) is 5.08. The number of hydrogen-bond donors (Lipinski definition) is 2. The molecule has 112 valence electrons. The fourth-order valence-corrected chi connectivity index (χ4v) is 2.46. The van der Waals surface area contributed by atoms with Crippen LogP contribution in [-0.4, -0.2) is 18.8 Å². The molecule has 2 unspecified atom stereocenters. The van der Waals surface area contributed by atoms with E-state index < -0.39 is 11.7 Å². The van der Waals surface area contributed by atoms with Gasteiger partial charge in [-0.25, -0.2) is 0 Å². The minimum absolute atomic E-state index is 0.0241. The van der Waals surface area contributed by atoms with Crippen LogP contribution in [0.1, 0.15) is 30.4 Å². The molecule has 1 aromatic carbocycles. The third kappa shape index (κ3) is 3.94. The molecule has 1 aromatic rings. The highest BCUT2D eigenvalue weighted by Gasteiger charge is 2.30. The molecule has 1 heterocycles. The van der Waals surface area contributed by atoms with Gasteiger partial charge in [0.05, 0.1) is 17.7 Å². The number of alkyl halides is 3. The van der Waals surface area contributed by atoms with Crippen LogP contribution in [0.5, 0.6) is 0 Å². The van der Waals surface area contributed by atoms with E-state index in [1.54, 1.807) is 0 Å². The van der Waals surface area contributed by atoms with Crippen LogP contribution in [0.4, 0.5) is 13.2 Å². The van der Waals surface area contributed by atoms with Crippen molar-refractivity contribution in [3.05, 3.63) is 35.4 Å². The summed E-state index contributed by atoms with van der Waals surface area (Å²) in [5.74, 6) is 5.54. The predicted octanol–water partition coefficient (Wildman–Crippen LogP) is 2.65. The lowest BCUT2D eigenvalue weighted by Crippen LogP contribution is -2.47. The molecule has 1 saturated heterocycles. The molecule has 0 bridgehead atoms. The van der Waals surface area contributed by atoms with Crippen molar-refractivity contribution >= 4 is 0 Å². The second-order valence-corrected chi connectivity index (χ2v) is 5.08. The summed E-state index contributed by atoms with van der Waals surface area (Å²) in [6.07, 6.45) is -0.647. The van der Waals surface area contributed by atoms with Crippen LogP contribution in [0.15, 0.2) is 24.3 Å². The summed E-state index contributed by atoms with van der Waals surface area (Å²) in [4.78, 5) is 0. The summed E-state index contributed by atoms with van der Waals surface area (Å²) in [5, 5.41) is 0. The van der Waals surface area contributed by atoms with Crippen molar-refractivity contribution < 1.29 is 17.9 Å². The van der Waals surface area contributed by atoms with Crippen molar-refractivity contribution in [2.24, 2.45) is 5.84 Å². The lowest BCUT2D eigenvalue weighted by molar-refractivity contribution is -0.137. The molecular formula is C14H19F3N2O. The smallest absolute Gasteiger partial charge is 0.377 e. The van der Waals surface area contributed by atoms with Crippen molar-refractivity contribution in [2.75, 3.05) is 6.61 Å². The Labute approximate surface area is 116 Å². The van der Waals surface area contributed by atoms with Gasteiger partial charge in [-0.3, -0.25) is 11.3 Å². The standard InChI is InChI=1S/C14H19F3N2O/c15-14(16,17)11-6-4-10(5-7-11)9-12(19-18)13-3-1-2-8-20-13/h4-7,12-13,19H,1-3,8-9,18H2. The van der Waals surface area contributed by atoms with Gasteiger partial charge in [-0.1, -0.05) is 12.1 Å². The summed E-state index contributed by atoms with van der Waals surface area (Å²) in [6, 6.07) is 5.12. The van der Waals surface area contributed by atoms with Gasteiger partial charge in [0, 0.05) is 6.61 Å². The quantitative estimate of drug-likeness (QED) is 0.661. The molecule has 2 rings (SSSR count). The molecule has 2 atom stereocenters. The summed E-state index contributed by atoms with van der Waals surface area (Å²) in [6.45, 7) is 0.718. The lowest BCUT2D eigenvalue weighted by Gasteiger charge is -2.30. The minimum Gasteiger partial charge on any atom is -0.377 e. The van der Waals surface area contributed by atoms with Gasteiger partial charge in [0.25, 0.3) is 0 Å². The molecule has 6 heteroatoms. The van der Waals surface area contributed by atoms with Crippen LogP contribution in [0.25, 0.3) is 0 Å². The number of hydrazine groups is 1. The van der Waals surface area contributed by atoms with Crippen LogP contribution in [0.3, 0.4) is 0 Å². The topological polar surface area (TPSA) is 47.3 Å². The SMILES string of the molecule is NNC(Cc1ccc(C(F)(F)F)cc1)C1CCCCO1. The Morgan fingerprint density at radius 1 is 1.25 bits per heavy atom. The third-order valence-corrected chi connectivity index (χ3v) is 3.61. The number of nitrogens with two attached hydrogens (primary N) is 1. The molecule has 1 fully saturated rings. The zero-order chi connectivity index (χ0) is 14.6. The Morgan fingerprint density at radius 2 is 1.95 bits per heavy atom. The molecule has 0 amide bonds. The van der Waals surface area contributed by atoms with E-state index in [1.807, 2.05) is 0 Å². The van der Waals surface area contributed by atoms with E-state index in [4.69, 9.17) is 10.6 Å². The highest BCUT2D eigenvalue weighted by atomic mass is 19.4. The summed E-state index contributed by atoms with van der Waals surface area (Å²) in [5.41, 5.74) is 2.90. The number of nitrogens with one attached hydrogen (secondary N) is 1. The summed E-state index contributed by atoms with van der Waals surface area (Å²) in [7, 11) is 0. The first kappa shape index (κ1) is 15.3. The zero-order valence-electron chi connectivity index (χ0n) is 11.1. The predicted molar refractivity (Wildman–Crippen MR) is 69.9 cm³/mol. The van der Waals surface area contributed by atoms with Crippen LogP contribution in [0, 0.1) is 0 Å². The molecular weight excluding hydrogens is 269 g/mol. The van der Waals surface area contributed by atoms with Crippen LogP contribution < -0.4 is 11.3 Å². The number of halogens is 3. The average molecular weight is 288 g/mol. The van der Waals surface area contributed by atoms with Gasteiger partial charge in [-0.15, -0.1) is 0 Å². The molecule has 0 spiro atoms. The number of rotatable bonds is 4. The highest BCUT2D eigenvalue weighted by Crippen LogP contribution is 2.29. The first-order valence-corrected chi connectivity index (χ1v) is 6.74. The van der Waals surface area contributed by atoms with Crippen LogP contribution in [0.2, 0.25) is 0 Å². The van der Waals surface area contributed by atoms with Gasteiger partial charge in [0.15, 0.2) is 0 Å². The van der Waals surface area contributed by atoms with E-state index in [0.717, 1.165) is 43.6 Å². The monoisotopic (exact) mass is 288 g/mol. The van der Waals surface area contributed by atoms with Gasteiger partial charge in [0.2, 0.25) is 0 Å². The zero-order valence-corrected chi connectivity index (χ0v) is 11.1. The van der Waals surface area contributed by atoms with E-state index in [9.17, 15) is 13.2 Å². The van der Waals surface area contributed by atoms with Gasteiger partial charge in [-0.2, -0.15) is 13.2 Å². The maximum Gasteiger partial charge on any atom is 0.416 e. The van der Waals surface area contributed by atoms with E-state index >= 15 is 0 Å². The van der Waals surface area contributed by atoms with E-state index in [2.05, 4.69) is 5.43 Å². The second kappa shape index (κ2) is 6.56. The van der Waals surface area contributed by atoms with Crippen molar-refractivity contribution in [3.63, 3.8) is 0 Å². The van der Waals surface area contributed by atoms with Crippen molar-refractivity contribution in [2.45, 2.75) is 44.0 Å². The van der Waals surface area contributed by atoms with Gasteiger partial charge < -0.3 is 4.74 Å². The number of hydrogen-bond acceptors (Lipinski definition) is 3. The first-order valence-electron chi connectivity index (χ1n) is 6.74. The maximum absolute atomic E-state index is 12.5. The number of benzene rings is 1. The van der Waals surface area contributed by atoms with E-state index in [0.29, 0.717) is 6.42 Å². The summed E-state index contributed by atoms with van der Waals surface area (Å²) < 4.78 is 43.1. The Balaban J connectivity index is 2.00. The molecule has 20 heavy (non-hydrogen) atoms. The number of ether oxygens (including phenoxy) is 1. The highest BCUT2D eigenvalue weighted by molar-refractivity contribution is 5.25. The molecule has 3 N–H and O–H groups in total. The Kier molecular flexibility index (Phi) is 5.01. The van der Waals surface area contributed by atoms with Crippen LogP contribution >= 0.6 is 0 Å². The average Bonchev–Trinajstić information content (AvgIpc) is 2.45. The van der Waals surface area contributed by atoms with Gasteiger partial charge in [-0.05, 0) is 43.4 Å².